The molecule has 1 saturated carbocycles. The third kappa shape index (κ3) is 12.9. The van der Waals surface area contributed by atoms with E-state index in [2.05, 4.69) is 109 Å². The van der Waals surface area contributed by atoms with E-state index in [1.807, 2.05) is 63.7 Å². The zero-order chi connectivity index (χ0) is 53.5. The van der Waals surface area contributed by atoms with Crippen LogP contribution in [0.5, 0.6) is 0 Å². The van der Waals surface area contributed by atoms with Crippen LogP contribution in [0.25, 0.3) is 44.8 Å². The highest BCUT2D eigenvalue weighted by Gasteiger charge is 2.42. The summed E-state index contributed by atoms with van der Waals surface area (Å²) in [5.74, 6) is 1.70. The molecule has 75 heavy (non-hydrogen) atoms. The van der Waals surface area contributed by atoms with Crippen molar-refractivity contribution in [2.45, 2.75) is 194 Å². The Labute approximate surface area is 449 Å². The quantitative estimate of drug-likeness (QED) is 0.0709. The number of ether oxygens (including phenoxy) is 4. The summed E-state index contributed by atoms with van der Waals surface area (Å²) in [6.45, 7) is 29.2. The summed E-state index contributed by atoms with van der Waals surface area (Å²) in [6.07, 6.45) is 14.1. The van der Waals surface area contributed by atoms with Gasteiger partial charge >= 0.3 is 12.2 Å². The molecule has 0 N–H and O–H groups in total. The molecular formula is C61H86N6O6Si2. The SMILES string of the molecule is CC(C)(C)OC(=O)N1CCC[C@H]1c1ncc(-c2ccc(-c3ccc(-c4ccc(-c5cnc([C@@H]6CCCN6C(=O)OC(C)(C)C)n5COCC[Si](C)(C)C)cc4)c4c3CC3(CCCC3)C4)cc2)n1COCC[Si](C)(C)C. The van der Waals surface area contributed by atoms with Crippen LogP contribution < -0.4 is 0 Å². The number of likely N-dealkylation sites (tertiary alicyclic amines) is 2. The number of rotatable bonds is 16. The molecule has 9 rings (SSSR count). The second-order valence-electron chi connectivity index (χ2n) is 26.6. The van der Waals surface area contributed by atoms with Gasteiger partial charge in [-0.25, -0.2) is 19.6 Å². The second-order valence-corrected chi connectivity index (χ2v) is 37.8. The van der Waals surface area contributed by atoms with Crippen molar-refractivity contribution in [2.75, 3.05) is 26.3 Å². The first-order chi connectivity index (χ1) is 35.4. The van der Waals surface area contributed by atoms with Crippen LogP contribution in [0.3, 0.4) is 0 Å². The van der Waals surface area contributed by atoms with Gasteiger partial charge in [0.25, 0.3) is 0 Å². The van der Waals surface area contributed by atoms with Gasteiger partial charge in [0.2, 0.25) is 0 Å². The number of amides is 2. The topological polar surface area (TPSA) is 113 Å². The summed E-state index contributed by atoms with van der Waals surface area (Å²) in [7, 11) is -2.60. The number of aromatic nitrogens is 4. The van der Waals surface area contributed by atoms with Crippen LogP contribution in [-0.2, 0) is 45.3 Å². The van der Waals surface area contributed by atoms with Crippen molar-refractivity contribution in [3.63, 3.8) is 0 Å². The van der Waals surface area contributed by atoms with E-state index in [4.69, 9.17) is 28.9 Å². The molecule has 0 unspecified atom stereocenters. The summed E-state index contributed by atoms with van der Waals surface area (Å²) >= 11 is 0. The van der Waals surface area contributed by atoms with Crippen LogP contribution in [0.15, 0.2) is 73.1 Å². The van der Waals surface area contributed by atoms with Gasteiger partial charge in [0.05, 0.1) is 35.9 Å². The van der Waals surface area contributed by atoms with Gasteiger partial charge in [-0.2, -0.15) is 0 Å². The van der Waals surface area contributed by atoms with E-state index < -0.39 is 27.3 Å². The Balaban J connectivity index is 1.01. The van der Waals surface area contributed by atoms with Gasteiger partial charge in [0.15, 0.2) is 0 Å². The molecule has 404 valence electrons. The van der Waals surface area contributed by atoms with Gasteiger partial charge < -0.3 is 28.1 Å². The van der Waals surface area contributed by atoms with Gasteiger partial charge in [0, 0.05) is 42.5 Å². The maximum Gasteiger partial charge on any atom is 0.410 e. The first-order valence-electron chi connectivity index (χ1n) is 28.1. The normalized spacial score (nSPS) is 18.9. The molecule has 2 saturated heterocycles. The third-order valence-electron chi connectivity index (χ3n) is 15.7. The Bertz CT molecular complexity index is 2620. The molecule has 1 spiro atoms. The number of benzene rings is 3. The van der Waals surface area contributed by atoms with Gasteiger partial charge in [-0.1, -0.05) is 113 Å². The summed E-state index contributed by atoms with van der Waals surface area (Å²) in [4.78, 5) is 40.8. The predicted octanol–water partition coefficient (Wildman–Crippen LogP) is 15.2. The highest BCUT2D eigenvalue weighted by Crippen LogP contribution is 2.53. The second kappa shape index (κ2) is 21.8. The molecule has 0 bridgehead atoms. The van der Waals surface area contributed by atoms with Crippen molar-refractivity contribution in [2.24, 2.45) is 5.41 Å². The van der Waals surface area contributed by atoms with Crippen LogP contribution in [0.4, 0.5) is 9.59 Å². The van der Waals surface area contributed by atoms with E-state index in [0.717, 1.165) is 84.8 Å². The standard InChI is InChI=1S/C61H86N6O6Si2/c1-59(2,3)72-57(68)64-31-15-17-51(64)55-62-39-53(66(55)41-70-33-35-74(7,8)9)45-23-19-43(20-24-45)47-27-28-48(50-38-61(37-49(47)50)29-13-14-30-61)44-21-25-46(26-22-44)54-40-63-56(67(54)42-71-34-36-75(10,11)12)52-18-16-32-65(52)58(69)73-60(4,5)6/h19-28,39-40,51-52H,13-18,29-38,41-42H2,1-12H3/t51-,52-/m0/s1. The maximum atomic E-state index is 13.5. The lowest BCUT2D eigenvalue weighted by Crippen LogP contribution is -2.37. The van der Waals surface area contributed by atoms with Crippen molar-refractivity contribution < 1.29 is 28.5 Å². The van der Waals surface area contributed by atoms with Gasteiger partial charge in [0.1, 0.15) is 36.3 Å². The Morgan fingerprint density at radius 3 is 1.29 bits per heavy atom. The number of carbonyl (C=O) groups is 2. The van der Waals surface area contributed by atoms with E-state index in [1.54, 1.807) is 0 Å². The van der Waals surface area contributed by atoms with Crippen LogP contribution >= 0.6 is 0 Å². The number of hydrogen-bond donors (Lipinski definition) is 0. The molecule has 3 fully saturated rings. The monoisotopic (exact) mass is 1050 g/mol. The van der Waals surface area contributed by atoms with Crippen LogP contribution in [0, 0.1) is 5.41 Å². The summed E-state index contributed by atoms with van der Waals surface area (Å²) in [5, 5.41) is 0. The van der Waals surface area contributed by atoms with Gasteiger partial charge in [-0.05, 0) is 155 Å². The Kier molecular flexibility index (Phi) is 15.9. The summed E-state index contributed by atoms with van der Waals surface area (Å²) < 4.78 is 29.0. The molecule has 2 atom stereocenters. The van der Waals surface area contributed by atoms with E-state index in [-0.39, 0.29) is 24.3 Å². The summed E-state index contributed by atoms with van der Waals surface area (Å²) in [6, 6.07) is 24.6. The average Bonchev–Trinajstić information content (AvgIpc) is 4.23. The van der Waals surface area contributed by atoms with Gasteiger partial charge in [-0.15, -0.1) is 0 Å². The fraction of sp³-hybridized carbons (Fsp3) is 0.574. The number of nitrogens with zero attached hydrogens (tertiary/aromatic N) is 6. The van der Waals surface area contributed by atoms with E-state index in [0.29, 0.717) is 45.2 Å². The molecule has 2 amide bonds. The average molecular weight is 1060 g/mol. The van der Waals surface area contributed by atoms with Crippen LogP contribution in [0.2, 0.25) is 51.4 Å². The molecule has 4 aliphatic rings. The van der Waals surface area contributed by atoms with Gasteiger partial charge in [-0.3, -0.25) is 9.80 Å². The minimum atomic E-state index is -1.30. The zero-order valence-corrected chi connectivity index (χ0v) is 49.4. The molecule has 12 nitrogen and oxygen atoms in total. The van der Waals surface area contributed by atoms with E-state index in [9.17, 15) is 9.59 Å². The van der Waals surface area contributed by atoms with Crippen LogP contribution in [-0.4, -0.2) is 94.7 Å². The predicted molar refractivity (Wildman–Crippen MR) is 306 cm³/mol. The van der Waals surface area contributed by atoms with Crippen molar-refractivity contribution >= 4 is 28.3 Å². The summed E-state index contributed by atoms with van der Waals surface area (Å²) in [5.41, 5.74) is 11.3. The molecule has 5 aromatic rings. The van der Waals surface area contributed by atoms with E-state index in [1.165, 1.54) is 59.1 Å². The smallest absolute Gasteiger partial charge is 0.410 e. The number of imidazole rings is 2. The fourth-order valence-corrected chi connectivity index (χ4v) is 13.3. The number of fused-ring (bicyclic) bond motifs is 1. The highest BCUT2D eigenvalue weighted by atomic mass is 28.3. The third-order valence-corrected chi connectivity index (χ3v) is 19.2. The van der Waals surface area contributed by atoms with Crippen molar-refractivity contribution in [3.05, 3.63) is 95.8 Å². The molecule has 4 heterocycles. The lowest BCUT2D eigenvalue weighted by atomic mass is 9.82. The van der Waals surface area contributed by atoms with Crippen molar-refractivity contribution in [3.8, 4) is 44.8 Å². The van der Waals surface area contributed by atoms with E-state index >= 15 is 0 Å². The molecular weight excluding hydrogens is 969 g/mol. The molecule has 2 aliphatic heterocycles. The van der Waals surface area contributed by atoms with Crippen molar-refractivity contribution in [1.29, 1.82) is 0 Å². The largest absolute Gasteiger partial charge is 0.444 e. The fourth-order valence-electron chi connectivity index (χ4n) is 11.8. The molecule has 2 aliphatic carbocycles. The minimum Gasteiger partial charge on any atom is -0.444 e. The Morgan fingerprint density at radius 1 is 0.560 bits per heavy atom. The lowest BCUT2D eigenvalue weighted by molar-refractivity contribution is 0.0195. The molecule has 14 heteroatoms. The van der Waals surface area contributed by atoms with Crippen molar-refractivity contribution in [1.82, 2.24) is 28.9 Å². The first kappa shape index (κ1) is 54.8. The maximum absolute atomic E-state index is 13.5. The molecule has 3 aromatic carbocycles. The zero-order valence-electron chi connectivity index (χ0n) is 47.4. The Hall–Kier alpha value is -5.03. The number of hydrogen-bond acceptors (Lipinski definition) is 8. The Morgan fingerprint density at radius 2 is 0.933 bits per heavy atom. The molecule has 2 aromatic heterocycles. The van der Waals surface area contributed by atoms with Crippen LogP contribution in [0.1, 0.15) is 128 Å². The lowest BCUT2D eigenvalue weighted by Gasteiger charge is -2.29. The molecule has 0 radical (unpaired) electrons. The highest BCUT2D eigenvalue weighted by molar-refractivity contribution is 6.76. The number of carbonyl (C=O) groups excluding carboxylic acids is 2. The minimum absolute atomic E-state index is 0.186. The first-order valence-corrected chi connectivity index (χ1v) is 35.5.